The highest BCUT2D eigenvalue weighted by Gasteiger charge is 2.37. The summed E-state index contributed by atoms with van der Waals surface area (Å²) in [5.41, 5.74) is 14.8. The summed E-state index contributed by atoms with van der Waals surface area (Å²) in [5, 5.41) is 4.93. The minimum Gasteiger partial charge on any atom is -0.310 e. The molecule has 0 bridgehead atoms. The van der Waals surface area contributed by atoms with E-state index >= 15 is 0 Å². The van der Waals surface area contributed by atoms with Gasteiger partial charge in [-0.25, -0.2) is 0 Å². The zero-order valence-electron chi connectivity index (χ0n) is 34.6. The van der Waals surface area contributed by atoms with Crippen LogP contribution in [0.25, 0.3) is 32.7 Å². The van der Waals surface area contributed by atoms with Crippen molar-refractivity contribution in [3.63, 3.8) is 0 Å². The van der Waals surface area contributed by atoms with Gasteiger partial charge >= 0.3 is 0 Å². The summed E-state index contributed by atoms with van der Waals surface area (Å²) in [4.78, 5) is 4.89. The maximum Gasteiger partial charge on any atom is 0.0540 e. The molecule has 0 amide bonds. The summed E-state index contributed by atoms with van der Waals surface area (Å²) in [5.74, 6) is 0. The van der Waals surface area contributed by atoms with Gasteiger partial charge in [-0.05, 0) is 116 Å². The first-order chi connectivity index (χ1) is 27.3. The molecule has 0 radical (unpaired) electrons. The van der Waals surface area contributed by atoms with Gasteiger partial charge in [0.05, 0.1) is 11.4 Å². The minimum absolute atomic E-state index is 0.0735. The third-order valence-corrected chi connectivity index (χ3v) is 12.2. The van der Waals surface area contributed by atoms with Crippen molar-refractivity contribution >= 4 is 55.7 Å². The summed E-state index contributed by atoms with van der Waals surface area (Å²) >= 11 is 0. The predicted octanol–water partition coefficient (Wildman–Crippen LogP) is 15.8. The smallest absolute Gasteiger partial charge is 0.0540 e. The fourth-order valence-corrected chi connectivity index (χ4v) is 8.87. The second kappa shape index (κ2) is 13.5. The number of anilines is 6. The lowest BCUT2D eigenvalue weighted by atomic mass is 9.82. The van der Waals surface area contributed by atoms with E-state index < -0.39 is 0 Å². The average molecular weight is 741 g/mol. The third kappa shape index (κ3) is 6.38. The normalized spacial score (nSPS) is 13.4. The van der Waals surface area contributed by atoms with E-state index in [-0.39, 0.29) is 16.2 Å². The van der Waals surface area contributed by atoms with Crippen LogP contribution in [0.1, 0.15) is 77.6 Å². The van der Waals surface area contributed by atoms with Gasteiger partial charge in [-0.3, -0.25) is 0 Å². The number of rotatable bonds is 6. The van der Waals surface area contributed by atoms with Crippen molar-refractivity contribution in [1.82, 2.24) is 0 Å². The number of fused-ring (bicyclic) bond motifs is 5. The molecule has 0 saturated heterocycles. The molecule has 8 aromatic carbocycles. The molecule has 9 rings (SSSR count). The van der Waals surface area contributed by atoms with Gasteiger partial charge in [0.15, 0.2) is 0 Å². The van der Waals surface area contributed by atoms with Gasteiger partial charge in [0.25, 0.3) is 0 Å². The van der Waals surface area contributed by atoms with Crippen molar-refractivity contribution in [2.45, 2.75) is 71.6 Å². The van der Waals surface area contributed by atoms with Crippen LogP contribution < -0.4 is 9.80 Å². The van der Waals surface area contributed by atoms with Crippen LogP contribution in [0.15, 0.2) is 170 Å². The molecule has 0 atom stereocenters. The summed E-state index contributed by atoms with van der Waals surface area (Å²) in [6.07, 6.45) is 0. The second-order valence-corrected chi connectivity index (χ2v) is 18.3. The van der Waals surface area contributed by atoms with E-state index in [9.17, 15) is 0 Å². The van der Waals surface area contributed by atoms with E-state index in [1.54, 1.807) is 0 Å². The van der Waals surface area contributed by atoms with E-state index in [2.05, 4.69) is 235 Å². The number of nitrogens with zero attached hydrogens (tertiary/aromatic N) is 2. The van der Waals surface area contributed by atoms with Gasteiger partial charge in [0.2, 0.25) is 0 Å². The molecule has 0 saturated carbocycles. The van der Waals surface area contributed by atoms with Crippen molar-refractivity contribution in [2.75, 3.05) is 9.80 Å². The number of benzene rings is 8. The van der Waals surface area contributed by atoms with E-state index in [1.807, 2.05) is 0 Å². The Morgan fingerprint density at radius 3 is 1.11 bits per heavy atom. The topological polar surface area (TPSA) is 6.48 Å². The highest BCUT2D eigenvalue weighted by Crippen LogP contribution is 2.53. The molecule has 1 aliphatic rings. The molecular weight excluding hydrogens is 689 g/mol. The van der Waals surface area contributed by atoms with E-state index in [1.165, 1.54) is 66.3 Å². The molecule has 0 aliphatic heterocycles. The van der Waals surface area contributed by atoms with Crippen LogP contribution >= 0.6 is 0 Å². The molecule has 2 nitrogen and oxygen atoms in total. The number of hydrogen-bond donors (Lipinski definition) is 0. The lowest BCUT2D eigenvalue weighted by Crippen LogP contribution is -2.18. The van der Waals surface area contributed by atoms with Crippen LogP contribution in [0, 0.1) is 0 Å². The fourth-order valence-electron chi connectivity index (χ4n) is 8.87. The zero-order valence-corrected chi connectivity index (χ0v) is 34.6. The molecule has 0 N–H and O–H groups in total. The Hall–Kier alpha value is -6.12. The van der Waals surface area contributed by atoms with Crippen LogP contribution in [-0.4, -0.2) is 0 Å². The van der Waals surface area contributed by atoms with Gasteiger partial charge in [-0.2, -0.15) is 0 Å². The monoisotopic (exact) mass is 740 g/mol. The first-order valence-corrected chi connectivity index (χ1v) is 20.4. The number of hydrogen-bond acceptors (Lipinski definition) is 2. The van der Waals surface area contributed by atoms with Gasteiger partial charge in [-0.15, -0.1) is 0 Å². The predicted molar refractivity (Wildman–Crippen MR) is 246 cm³/mol. The maximum atomic E-state index is 2.45. The Kier molecular flexibility index (Phi) is 8.66. The van der Waals surface area contributed by atoms with Gasteiger partial charge < -0.3 is 9.80 Å². The van der Waals surface area contributed by atoms with Crippen molar-refractivity contribution in [3.8, 4) is 11.1 Å². The lowest BCUT2D eigenvalue weighted by Gasteiger charge is -2.30. The van der Waals surface area contributed by atoms with E-state index in [0.29, 0.717) is 0 Å². The summed E-state index contributed by atoms with van der Waals surface area (Å²) < 4.78 is 0. The van der Waals surface area contributed by atoms with Crippen molar-refractivity contribution in [1.29, 1.82) is 0 Å². The summed E-state index contributed by atoms with van der Waals surface area (Å²) in [7, 11) is 0. The molecule has 0 unspecified atom stereocenters. The van der Waals surface area contributed by atoms with Crippen molar-refractivity contribution in [2.24, 2.45) is 0 Å². The van der Waals surface area contributed by atoms with Crippen LogP contribution in [0.5, 0.6) is 0 Å². The first kappa shape index (κ1) is 36.5. The molecular formula is C55H52N2. The molecule has 0 aromatic heterocycles. The Morgan fingerprint density at radius 1 is 0.368 bits per heavy atom. The largest absolute Gasteiger partial charge is 0.310 e. The average Bonchev–Trinajstić information content (AvgIpc) is 3.43. The summed E-state index contributed by atoms with van der Waals surface area (Å²) in [6.45, 7) is 18.5. The molecule has 2 heteroatoms. The molecule has 1 aliphatic carbocycles. The Bertz CT molecular complexity index is 2570. The van der Waals surface area contributed by atoms with Crippen LogP contribution in [0.2, 0.25) is 0 Å². The standard InChI is InChI=1S/C55H52N2/c1-53(2,3)39-23-27-41(28-24-39)56(51-21-13-17-37-15-9-11-19-45(37)51)43-31-33-47-48-34-32-44(36-50(48)55(7,8)49(47)35-43)57(42-29-25-40(26-30-42)54(4,5)6)52-22-14-18-38-16-10-12-20-46(38)52/h9-36H,1-8H3. The minimum atomic E-state index is -0.238. The van der Waals surface area contributed by atoms with E-state index in [0.717, 1.165) is 22.7 Å². The van der Waals surface area contributed by atoms with Crippen LogP contribution in [-0.2, 0) is 16.2 Å². The van der Waals surface area contributed by atoms with Crippen molar-refractivity contribution < 1.29 is 0 Å². The third-order valence-electron chi connectivity index (χ3n) is 12.2. The summed E-state index contributed by atoms with van der Waals surface area (Å²) in [6, 6.07) is 63.3. The molecule has 57 heavy (non-hydrogen) atoms. The highest BCUT2D eigenvalue weighted by molar-refractivity contribution is 6.01. The fraction of sp³-hybridized carbons (Fsp3) is 0.200. The first-order valence-electron chi connectivity index (χ1n) is 20.4. The molecule has 282 valence electrons. The van der Waals surface area contributed by atoms with Crippen LogP contribution in [0.4, 0.5) is 34.1 Å². The molecule has 8 aromatic rings. The Balaban J connectivity index is 1.18. The van der Waals surface area contributed by atoms with E-state index in [4.69, 9.17) is 0 Å². The highest BCUT2D eigenvalue weighted by atomic mass is 15.1. The van der Waals surface area contributed by atoms with Gasteiger partial charge in [0.1, 0.15) is 0 Å². The lowest BCUT2D eigenvalue weighted by molar-refractivity contribution is 0.590. The molecule has 0 fully saturated rings. The molecule has 0 heterocycles. The SMILES string of the molecule is CC(C)(C)c1ccc(N(c2ccc3c(c2)C(C)(C)c2cc(N(c4ccc(C(C)(C)C)cc4)c4cccc5ccccc45)ccc2-3)c2cccc3ccccc23)cc1. The van der Waals surface area contributed by atoms with Gasteiger partial charge in [0, 0.05) is 38.9 Å². The second-order valence-electron chi connectivity index (χ2n) is 18.3. The zero-order chi connectivity index (χ0) is 39.7. The quantitative estimate of drug-likeness (QED) is 0.167. The Morgan fingerprint density at radius 2 is 0.719 bits per heavy atom. The van der Waals surface area contributed by atoms with Crippen molar-refractivity contribution in [3.05, 3.63) is 192 Å². The van der Waals surface area contributed by atoms with Crippen LogP contribution in [0.3, 0.4) is 0 Å². The molecule has 0 spiro atoms. The van der Waals surface area contributed by atoms with Gasteiger partial charge in [-0.1, -0.05) is 165 Å². The Labute approximate surface area is 339 Å². The maximum absolute atomic E-state index is 2.45.